The van der Waals surface area contributed by atoms with E-state index in [1.807, 2.05) is 36.1 Å². The average molecular weight is 293 g/mol. The number of nitrogens with one attached hydrogen (secondary N) is 1. The van der Waals surface area contributed by atoms with Crippen LogP contribution < -0.4 is 5.32 Å². The predicted octanol–water partition coefficient (Wildman–Crippen LogP) is 3.35. The quantitative estimate of drug-likeness (QED) is 0.923. The Bertz CT molecular complexity index is 498. The van der Waals surface area contributed by atoms with Crippen LogP contribution in [0.25, 0.3) is 0 Å². The van der Waals surface area contributed by atoms with Crippen LogP contribution in [0.3, 0.4) is 0 Å². The van der Waals surface area contributed by atoms with Crippen molar-refractivity contribution >= 4 is 17.5 Å². The minimum absolute atomic E-state index is 0.0245. The van der Waals surface area contributed by atoms with E-state index in [4.69, 9.17) is 11.6 Å². The van der Waals surface area contributed by atoms with Gasteiger partial charge in [-0.2, -0.15) is 0 Å². The lowest BCUT2D eigenvalue weighted by molar-refractivity contribution is -0.132. The summed E-state index contributed by atoms with van der Waals surface area (Å²) in [5.41, 5.74) is 1.11. The summed E-state index contributed by atoms with van der Waals surface area (Å²) < 4.78 is 0. The fourth-order valence-corrected chi connectivity index (χ4v) is 3.19. The van der Waals surface area contributed by atoms with E-state index in [1.165, 1.54) is 12.8 Å². The number of hydrogen-bond donors (Lipinski definition) is 1. The zero-order valence-corrected chi connectivity index (χ0v) is 12.7. The second-order valence-electron chi connectivity index (χ2n) is 6.12. The molecule has 0 bridgehead atoms. The molecular weight excluding hydrogens is 272 g/mol. The van der Waals surface area contributed by atoms with Crippen LogP contribution in [0, 0.1) is 5.92 Å². The Morgan fingerprint density at radius 2 is 2.00 bits per heavy atom. The number of carbonyl (C=O) groups excluding carboxylic acids is 1. The van der Waals surface area contributed by atoms with Gasteiger partial charge in [0.25, 0.3) is 0 Å². The van der Waals surface area contributed by atoms with Crippen molar-refractivity contribution in [2.45, 2.75) is 51.4 Å². The summed E-state index contributed by atoms with van der Waals surface area (Å²) in [6.45, 7) is 4.11. The smallest absolute Gasteiger partial charge is 0.241 e. The van der Waals surface area contributed by atoms with E-state index in [1.54, 1.807) is 0 Å². The van der Waals surface area contributed by atoms with E-state index in [9.17, 15) is 4.79 Å². The van der Waals surface area contributed by atoms with Gasteiger partial charge in [-0.25, -0.2) is 0 Å². The molecule has 108 valence electrons. The third-order valence-electron chi connectivity index (χ3n) is 4.34. The molecule has 1 saturated heterocycles. The molecule has 3 unspecified atom stereocenters. The fourth-order valence-electron chi connectivity index (χ4n) is 3.06. The first kappa shape index (κ1) is 13.9. The highest BCUT2D eigenvalue weighted by Crippen LogP contribution is 2.37. The Hall–Kier alpha value is -1.06. The fraction of sp³-hybridized carbons (Fsp3) is 0.562. The van der Waals surface area contributed by atoms with E-state index < -0.39 is 0 Å². The third-order valence-corrected chi connectivity index (χ3v) is 4.59. The first-order chi connectivity index (χ1) is 9.56. The second-order valence-corrected chi connectivity index (χ2v) is 6.55. The van der Waals surface area contributed by atoms with Gasteiger partial charge in [0.05, 0.1) is 6.04 Å². The van der Waals surface area contributed by atoms with Gasteiger partial charge in [0, 0.05) is 11.1 Å². The minimum atomic E-state index is -0.114. The van der Waals surface area contributed by atoms with Crippen molar-refractivity contribution in [3.63, 3.8) is 0 Å². The number of rotatable bonds is 4. The van der Waals surface area contributed by atoms with Crippen LogP contribution in [0.5, 0.6) is 0 Å². The number of hydrogen-bond acceptors (Lipinski definition) is 2. The van der Waals surface area contributed by atoms with Crippen molar-refractivity contribution in [3.05, 3.63) is 34.9 Å². The van der Waals surface area contributed by atoms with Crippen molar-refractivity contribution in [1.82, 2.24) is 10.2 Å². The van der Waals surface area contributed by atoms with Crippen molar-refractivity contribution in [2.75, 3.05) is 0 Å². The Labute approximate surface area is 125 Å². The molecule has 2 aliphatic rings. The summed E-state index contributed by atoms with van der Waals surface area (Å²) in [6, 6.07) is 7.95. The number of benzene rings is 1. The van der Waals surface area contributed by atoms with E-state index in [0.29, 0.717) is 0 Å². The lowest BCUT2D eigenvalue weighted by Gasteiger charge is -2.31. The molecule has 1 N–H and O–H groups in total. The molecule has 1 saturated carbocycles. The van der Waals surface area contributed by atoms with Crippen molar-refractivity contribution < 1.29 is 4.79 Å². The van der Waals surface area contributed by atoms with Gasteiger partial charge < -0.3 is 4.90 Å². The molecule has 3 atom stereocenters. The maximum atomic E-state index is 12.4. The molecule has 1 aliphatic carbocycles. The average Bonchev–Trinajstić information content (AvgIpc) is 3.17. The molecule has 3 nitrogen and oxygen atoms in total. The Balaban J connectivity index is 1.82. The van der Waals surface area contributed by atoms with Crippen LogP contribution in [0.15, 0.2) is 24.3 Å². The van der Waals surface area contributed by atoms with Gasteiger partial charge in [-0.1, -0.05) is 36.6 Å². The summed E-state index contributed by atoms with van der Waals surface area (Å²) >= 11 is 5.95. The van der Waals surface area contributed by atoms with Crippen LogP contribution >= 0.6 is 11.6 Å². The largest absolute Gasteiger partial charge is 0.319 e. The highest BCUT2D eigenvalue weighted by Gasteiger charge is 2.41. The van der Waals surface area contributed by atoms with Crippen molar-refractivity contribution in [3.8, 4) is 0 Å². The molecule has 1 heterocycles. The van der Waals surface area contributed by atoms with E-state index in [2.05, 4.69) is 12.2 Å². The molecule has 3 rings (SSSR count). The van der Waals surface area contributed by atoms with Gasteiger partial charge in [0.1, 0.15) is 6.17 Å². The summed E-state index contributed by atoms with van der Waals surface area (Å²) in [4.78, 5) is 14.5. The molecule has 1 amide bonds. The lowest BCUT2D eigenvalue weighted by atomic mass is 10.1. The molecule has 20 heavy (non-hydrogen) atoms. The molecule has 0 radical (unpaired) electrons. The van der Waals surface area contributed by atoms with Gasteiger partial charge in [-0.05, 0) is 43.9 Å². The summed E-state index contributed by atoms with van der Waals surface area (Å²) in [5, 5.41) is 4.12. The monoisotopic (exact) mass is 292 g/mol. The van der Waals surface area contributed by atoms with Gasteiger partial charge in [-0.3, -0.25) is 10.1 Å². The third kappa shape index (κ3) is 2.70. The highest BCUT2D eigenvalue weighted by molar-refractivity contribution is 6.30. The number of amides is 1. The van der Waals surface area contributed by atoms with Gasteiger partial charge in [0.15, 0.2) is 0 Å². The SMILES string of the molecule is CC1NC(c2ccc(Cl)cc2)N(C(C)CC2CC2)C1=O. The molecule has 0 aromatic heterocycles. The molecule has 0 spiro atoms. The first-order valence-electron chi connectivity index (χ1n) is 7.40. The Morgan fingerprint density at radius 3 is 2.60 bits per heavy atom. The summed E-state index contributed by atoms with van der Waals surface area (Å²) in [7, 11) is 0. The summed E-state index contributed by atoms with van der Waals surface area (Å²) in [6.07, 6.45) is 3.73. The molecule has 1 aromatic rings. The normalized spacial score (nSPS) is 27.9. The summed E-state index contributed by atoms with van der Waals surface area (Å²) in [5.74, 6) is 1.03. The standard InChI is InChI=1S/C16H21ClN2O/c1-10(9-12-3-4-12)19-15(18-11(2)16(19)20)13-5-7-14(17)8-6-13/h5-8,10-12,15,18H,3-4,9H2,1-2H3. The maximum Gasteiger partial charge on any atom is 0.241 e. The Kier molecular flexibility index (Phi) is 3.74. The predicted molar refractivity (Wildman–Crippen MR) is 80.4 cm³/mol. The van der Waals surface area contributed by atoms with Crippen LogP contribution in [-0.2, 0) is 4.79 Å². The van der Waals surface area contributed by atoms with E-state index >= 15 is 0 Å². The molecular formula is C16H21ClN2O. The topological polar surface area (TPSA) is 32.3 Å². The number of halogens is 1. The minimum Gasteiger partial charge on any atom is -0.319 e. The maximum absolute atomic E-state index is 12.4. The van der Waals surface area contributed by atoms with E-state index in [-0.39, 0.29) is 24.2 Å². The lowest BCUT2D eigenvalue weighted by Crippen LogP contribution is -2.38. The van der Waals surface area contributed by atoms with Crippen molar-refractivity contribution in [1.29, 1.82) is 0 Å². The second kappa shape index (κ2) is 5.38. The van der Waals surface area contributed by atoms with Gasteiger partial charge >= 0.3 is 0 Å². The molecule has 2 fully saturated rings. The van der Waals surface area contributed by atoms with Crippen LogP contribution in [0.1, 0.15) is 44.8 Å². The van der Waals surface area contributed by atoms with Gasteiger partial charge in [-0.15, -0.1) is 0 Å². The molecule has 4 heteroatoms. The van der Waals surface area contributed by atoms with Crippen LogP contribution in [0.4, 0.5) is 0 Å². The zero-order chi connectivity index (χ0) is 14.3. The van der Waals surface area contributed by atoms with Crippen LogP contribution in [-0.4, -0.2) is 22.9 Å². The van der Waals surface area contributed by atoms with Crippen molar-refractivity contribution in [2.24, 2.45) is 5.92 Å². The Morgan fingerprint density at radius 1 is 1.35 bits per heavy atom. The number of carbonyl (C=O) groups is 1. The molecule has 1 aromatic carbocycles. The zero-order valence-electron chi connectivity index (χ0n) is 12.0. The van der Waals surface area contributed by atoms with Gasteiger partial charge in [0.2, 0.25) is 5.91 Å². The van der Waals surface area contributed by atoms with Crippen LogP contribution in [0.2, 0.25) is 5.02 Å². The number of nitrogens with zero attached hydrogens (tertiary/aromatic N) is 1. The highest BCUT2D eigenvalue weighted by atomic mass is 35.5. The first-order valence-corrected chi connectivity index (χ1v) is 7.77. The van der Waals surface area contributed by atoms with E-state index in [0.717, 1.165) is 22.9 Å². The molecule has 1 aliphatic heterocycles.